The van der Waals surface area contributed by atoms with Gasteiger partial charge in [-0.1, -0.05) is 0 Å². The summed E-state index contributed by atoms with van der Waals surface area (Å²) >= 11 is 1.19. The monoisotopic (exact) mass is 348 g/mol. The van der Waals surface area contributed by atoms with Gasteiger partial charge in [0.2, 0.25) is 0 Å². The summed E-state index contributed by atoms with van der Waals surface area (Å²) in [5.41, 5.74) is -2.80. The molecular weight excluding hydrogens is 346 g/mol. The standard InChI is InChI=1S/C8H2F5IN2/c9-7(10)4-2-16-6(8(11,12)13)5(14)3(4)1-15/h2,7H. The lowest BCUT2D eigenvalue weighted by molar-refractivity contribution is -0.142. The van der Waals surface area contributed by atoms with Gasteiger partial charge in [0.05, 0.1) is 14.7 Å². The molecule has 0 aromatic carbocycles. The number of halogens is 6. The lowest BCUT2D eigenvalue weighted by atomic mass is 10.1. The number of pyridine rings is 1. The van der Waals surface area contributed by atoms with Crippen molar-refractivity contribution in [2.45, 2.75) is 12.6 Å². The van der Waals surface area contributed by atoms with Gasteiger partial charge in [0.1, 0.15) is 6.07 Å². The summed E-state index contributed by atoms with van der Waals surface area (Å²) in [5, 5.41) is 8.56. The van der Waals surface area contributed by atoms with Crippen molar-refractivity contribution < 1.29 is 22.0 Å². The molecule has 0 aliphatic heterocycles. The molecular formula is C8H2F5IN2. The Labute approximate surface area is 100 Å². The summed E-state index contributed by atoms with van der Waals surface area (Å²) in [6.45, 7) is 0. The molecule has 1 aromatic rings. The lowest BCUT2D eigenvalue weighted by Crippen LogP contribution is -2.13. The molecule has 0 atom stereocenters. The molecule has 0 fully saturated rings. The van der Waals surface area contributed by atoms with Crippen LogP contribution in [0.1, 0.15) is 23.2 Å². The highest BCUT2D eigenvalue weighted by molar-refractivity contribution is 14.1. The number of nitrogens with zero attached hydrogens (tertiary/aromatic N) is 2. The van der Waals surface area contributed by atoms with Gasteiger partial charge in [-0.2, -0.15) is 18.4 Å². The number of aromatic nitrogens is 1. The molecule has 0 N–H and O–H groups in total. The first-order valence-corrected chi connectivity index (χ1v) is 4.80. The minimum atomic E-state index is -4.76. The molecule has 0 unspecified atom stereocenters. The summed E-state index contributed by atoms with van der Waals surface area (Å²) in [6, 6.07) is 1.33. The molecule has 0 amide bonds. The van der Waals surface area contributed by atoms with Crippen LogP contribution in [0.25, 0.3) is 0 Å². The zero-order valence-electron chi connectivity index (χ0n) is 7.32. The Kier molecular flexibility index (Phi) is 3.67. The van der Waals surface area contributed by atoms with E-state index < -0.39 is 33.0 Å². The second-order valence-corrected chi connectivity index (χ2v) is 3.74. The van der Waals surface area contributed by atoms with Gasteiger partial charge in [-0.05, 0) is 22.6 Å². The van der Waals surface area contributed by atoms with Gasteiger partial charge in [-0.25, -0.2) is 8.78 Å². The average Bonchev–Trinajstić information content (AvgIpc) is 2.14. The van der Waals surface area contributed by atoms with Crippen molar-refractivity contribution in [3.05, 3.63) is 26.6 Å². The van der Waals surface area contributed by atoms with Crippen molar-refractivity contribution in [1.29, 1.82) is 5.26 Å². The SMILES string of the molecule is N#Cc1c(C(F)F)cnc(C(F)(F)F)c1I. The fourth-order valence-electron chi connectivity index (χ4n) is 0.977. The first-order valence-electron chi connectivity index (χ1n) is 3.73. The first-order chi connectivity index (χ1) is 7.29. The van der Waals surface area contributed by atoms with E-state index in [0.717, 1.165) is 0 Å². The minimum absolute atomic E-state index is 0.383. The van der Waals surface area contributed by atoms with Gasteiger partial charge in [-0.3, -0.25) is 4.98 Å². The number of rotatable bonds is 1. The number of alkyl halides is 5. The number of nitriles is 1. The van der Waals surface area contributed by atoms with Crippen molar-refractivity contribution in [2.24, 2.45) is 0 Å². The van der Waals surface area contributed by atoms with Crippen LogP contribution in [-0.2, 0) is 6.18 Å². The zero-order chi connectivity index (χ0) is 12.5. The molecule has 1 rings (SSSR count). The largest absolute Gasteiger partial charge is 0.434 e. The average molecular weight is 348 g/mol. The maximum absolute atomic E-state index is 12.3. The Hall–Kier alpha value is -0.980. The molecule has 0 saturated heterocycles. The predicted molar refractivity (Wildman–Crippen MR) is 51.6 cm³/mol. The molecule has 0 bridgehead atoms. The molecule has 1 aromatic heterocycles. The third-order valence-corrected chi connectivity index (χ3v) is 2.71. The maximum Gasteiger partial charge on any atom is 0.434 e. The molecule has 0 saturated carbocycles. The van der Waals surface area contributed by atoms with Gasteiger partial charge in [0.15, 0.2) is 5.69 Å². The highest BCUT2D eigenvalue weighted by atomic mass is 127. The van der Waals surface area contributed by atoms with Crippen LogP contribution in [0.2, 0.25) is 0 Å². The lowest BCUT2D eigenvalue weighted by Gasteiger charge is -2.11. The maximum atomic E-state index is 12.3. The van der Waals surface area contributed by atoms with Crippen molar-refractivity contribution in [1.82, 2.24) is 4.98 Å². The quantitative estimate of drug-likeness (QED) is 0.575. The molecule has 0 aliphatic rings. The Morgan fingerprint density at radius 1 is 1.38 bits per heavy atom. The van der Waals surface area contributed by atoms with E-state index >= 15 is 0 Å². The molecule has 86 valence electrons. The second-order valence-electron chi connectivity index (χ2n) is 2.66. The van der Waals surface area contributed by atoms with Crippen LogP contribution in [0.5, 0.6) is 0 Å². The number of hydrogen-bond donors (Lipinski definition) is 0. The molecule has 0 aliphatic carbocycles. The topological polar surface area (TPSA) is 36.7 Å². The molecule has 0 radical (unpaired) electrons. The van der Waals surface area contributed by atoms with Gasteiger partial charge >= 0.3 is 6.18 Å². The number of hydrogen-bond acceptors (Lipinski definition) is 2. The predicted octanol–water partition coefficient (Wildman–Crippen LogP) is 3.51. The summed E-state index contributed by atoms with van der Waals surface area (Å²) in [4.78, 5) is 2.92. The van der Waals surface area contributed by atoms with Crippen LogP contribution >= 0.6 is 22.6 Å². The van der Waals surface area contributed by atoms with E-state index in [1.54, 1.807) is 0 Å². The summed E-state index contributed by atoms with van der Waals surface area (Å²) in [6.07, 6.45) is -7.41. The Balaban J connectivity index is 3.49. The minimum Gasteiger partial charge on any atom is -0.250 e. The van der Waals surface area contributed by atoms with E-state index in [2.05, 4.69) is 4.98 Å². The van der Waals surface area contributed by atoms with Crippen molar-refractivity contribution in [2.75, 3.05) is 0 Å². The van der Waals surface area contributed by atoms with E-state index in [9.17, 15) is 22.0 Å². The molecule has 0 spiro atoms. The molecule has 16 heavy (non-hydrogen) atoms. The normalized spacial score (nSPS) is 11.6. The van der Waals surface area contributed by atoms with E-state index in [4.69, 9.17) is 5.26 Å². The van der Waals surface area contributed by atoms with Gasteiger partial charge in [-0.15, -0.1) is 0 Å². The summed E-state index contributed by atoms with van der Waals surface area (Å²) in [7, 11) is 0. The zero-order valence-corrected chi connectivity index (χ0v) is 9.47. The third kappa shape index (κ3) is 2.40. The van der Waals surface area contributed by atoms with Crippen LogP contribution in [0.3, 0.4) is 0 Å². The second kappa shape index (κ2) is 4.48. The van der Waals surface area contributed by atoms with Crippen molar-refractivity contribution >= 4 is 22.6 Å². The van der Waals surface area contributed by atoms with Crippen LogP contribution < -0.4 is 0 Å². The first kappa shape index (κ1) is 13.1. The fourth-order valence-corrected chi connectivity index (χ4v) is 1.85. The van der Waals surface area contributed by atoms with E-state index in [1.807, 2.05) is 0 Å². The van der Waals surface area contributed by atoms with Crippen LogP contribution in [0, 0.1) is 14.9 Å². The van der Waals surface area contributed by atoms with Crippen LogP contribution in [-0.4, -0.2) is 4.98 Å². The van der Waals surface area contributed by atoms with Gasteiger partial charge in [0.25, 0.3) is 6.43 Å². The van der Waals surface area contributed by atoms with E-state index in [1.165, 1.54) is 28.7 Å². The van der Waals surface area contributed by atoms with E-state index in [-0.39, 0.29) is 0 Å². The van der Waals surface area contributed by atoms with E-state index in [0.29, 0.717) is 6.20 Å². The summed E-state index contributed by atoms with van der Waals surface area (Å²) in [5.74, 6) is 0. The van der Waals surface area contributed by atoms with Crippen LogP contribution in [0.15, 0.2) is 6.20 Å². The van der Waals surface area contributed by atoms with Gasteiger partial charge < -0.3 is 0 Å². The molecule has 1 heterocycles. The van der Waals surface area contributed by atoms with Gasteiger partial charge in [0, 0.05) is 6.20 Å². The Morgan fingerprint density at radius 2 is 1.94 bits per heavy atom. The third-order valence-electron chi connectivity index (χ3n) is 1.66. The molecule has 2 nitrogen and oxygen atoms in total. The highest BCUT2D eigenvalue weighted by Gasteiger charge is 2.37. The van der Waals surface area contributed by atoms with Crippen molar-refractivity contribution in [3.8, 4) is 6.07 Å². The Bertz CT molecular complexity index is 449. The molecule has 8 heteroatoms. The Morgan fingerprint density at radius 3 is 2.31 bits per heavy atom. The van der Waals surface area contributed by atoms with Crippen LogP contribution in [0.4, 0.5) is 22.0 Å². The highest BCUT2D eigenvalue weighted by Crippen LogP contribution is 2.35. The van der Waals surface area contributed by atoms with Crippen molar-refractivity contribution in [3.63, 3.8) is 0 Å². The fraction of sp³-hybridized carbons (Fsp3) is 0.250. The summed E-state index contributed by atoms with van der Waals surface area (Å²) < 4.78 is 61.1. The smallest absolute Gasteiger partial charge is 0.250 e.